The lowest BCUT2D eigenvalue weighted by Crippen LogP contribution is -2.12. The van der Waals surface area contributed by atoms with Crippen molar-refractivity contribution in [2.45, 2.75) is 26.2 Å². The van der Waals surface area contributed by atoms with E-state index in [1.807, 2.05) is 31.3 Å². The van der Waals surface area contributed by atoms with Crippen molar-refractivity contribution in [3.8, 4) is 5.69 Å². The highest BCUT2D eigenvalue weighted by molar-refractivity contribution is 5.98. The average Bonchev–Trinajstić information content (AvgIpc) is 2.92. The topological polar surface area (TPSA) is 34.9 Å². The Balaban J connectivity index is 1.99. The summed E-state index contributed by atoms with van der Waals surface area (Å²) >= 11 is 0. The van der Waals surface area contributed by atoms with E-state index in [9.17, 15) is 4.79 Å². The quantitative estimate of drug-likeness (QED) is 0.676. The van der Waals surface area contributed by atoms with Gasteiger partial charge in [0.25, 0.3) is 0 Å². The second-order valence-corrected chi connectivity index (χ2v) is 5.62. The molecule has 0 spiro atoms. The molecule has 0 amide bonds. The molecule has 2 aromatic heterocycles. The number of para-hydroxylation sites is 1. The largest absolute Gasteiger partial charge is 0.318 e. The second-order valence-electron chi connectivity index (χ2n) is 5.62. The van der Waals surface area contributed by atoms with Gasteiger partial charge in [0.2, 0.25) is 0 Å². The minimum Gasteiger partial charge on any atom is -0.318 e. The first kappa shape index (κ1) is 12.3. The van der Waals surface area contributed by atoms with Gasteiger partial charge in [-0.05, 0) is 38.0 Å². The molecule has 3 nitrogen and oxygen atoms in total. The van der Waals surface area contributed by atoms with Gasteiger partial charge >= 0.3 is 0 Å². The molecule has 1 aliphatic carbocycles. The summed E-state index contributed by atoms with van der Waals surface area (Å²) in [5, 5.41) is 1.13. The Bertz CT molecular complexity index is 861. The molecule has 0 saturated carbocycles. The third-order valence-corrected chi connectivity index (χ3v) is 4.21. The maximum absolute atomic E-state index is 12.0. The number of carbonyl (C=O) groups is 1. The minimum absolute atomic E-state index is 0.263. The van der Waals surface area contributed by atoms with Crippen molar-refractivity contribution in [1.82, 2.24) is 9.55 Å². The number of ketones is 1. The van der Waals surface area contributed by atoms with Gasteiger partial charge in [-0.3, -0.25) is 9.78 Å². The molecule has 104 valence electrons. The van der Waals surface area contributed by atoms with Crippen molar-refractivity contribution >= 4 is 16.7 Å². The van der Waals surface area contributed by atoms with Crippen LogP contribution >= 0.6 is 0 Å². The van der Waals surface area contributed by atoms with Gasteiger partial charge in [0, 0.05) is 35.0 Å². The summed E-state index contributed by atoms with van der Waals surface area (Å²) in [6.07, 6.45) is 4.57. The highest BCUT2D eigenvalue weighted by Gasteiger charge is 2.21. The van der Waals surface area contributed by atoms with Crippen LogP contribution in [-0.2, 0) is 6.42 Å². The zero-order chi connectivity index (χ0) is 14.4. The van der Waals surface area contributed by atoms with Crippen LogP contribution in [0, 0.1) is 6.92 Å². The highest BCUT2D eigenvalue weighted by Crippen LogP contribution is 2.28. The zero-order valence-corrected chi connectivity index (χ0v) is 12.0. The van der Waals surface area contributed by atoms with E-state index < -0.39 is 0 Å². The fourth-order valence-electron chi connectivity index (χ4n) is 3.17. The van der Waals surface area contributed by atoms with Gasteiger partial charge in [0.05, 0.1) is 11.2 Å². The highest BCUT2D eigenvalue weighted by atomic mass is 16.1. The van der Waals surface area contributed by atoms with Crippen molar-refractivity contribution < 1.29 is 4.79 Å². The van der Waals surface area contributed by atoms with Gasteiger partial charge in [-0.2, -0.15) is 0 Å². The number of carbonyl (C=O) groups excluding carboxylic acids is 1. The summed E-state index contributed by atoms with van der Waals surface area (Å²) in [6, 6.07) is 12.3. The van der Waals surface area contributed by atoms with E-state index >= 15 is 0 Å². The van der Waals surface area contributed by atoms with Crippen LogP contribution in [0.1, 0.15) is 34.6 Å². The van der Waals surface area contributed by atoms with Gasteiger partial charge in [-0.1, -0.05) is 18.2 Å². The van der Waals surface area contributed by atoms with Gasteiger partial charge in [0.15, 0.2) is 5.78 Å². The molecule has 0 unspecified atom stereocenters. The summed E-state index contributed by atoms with van der Waals surface area (Å²) < 4.78 is 2.14. The van der Waals surface area contributed by atoms with E-state index in [1.54, 1.807) is 0 Å². The lowest BCUT2D eigenvalue weighted by Gasteiger charge is -2.16. The standard InChI is InChI=1S/C18H16N2O/c1-12-8-9-13-4-2-6-16(18(13)19-12)20-11-10-14-15(20)5-3-7-17(14)21/h2,4,6,8-11H,3,5,7H2,1H3. The van der Waals surface area contributed by atoms with Crippen LogP contribution in [0.2, 0.25) is 0 Å². The van der Waals surface area contributed by atoms with Crippen LogP contribution in [0.5, 0.6) is 0 Å². The van der Waals surface area contributed by atoms with Crippen LogP contribution in [0.3, 0.4) is 0 Å². The van der Waals surface area contributed by atoms with Crippen molar-refractivity contribution in [3.05, 3.63) is 59.5 Å². The van der Waals surface area contributed by atoms with E-state index in [-0.39, 0.29) is 5.78 Å². The van der Waals surface area contributed by atoms with E-state index in [4.69, 9.17) is 4.98 Å². The first-order chi connectivity index (χ1) is 10.2. The van der Waals surface area contributed by atoms with E-state index in [0.29, 0.717) is 6.42 Å². The smallest absolute Gasteiger partial charge is 0.164 e. The van der Waals surface area contributed by atoms with Gasteiger partial charge < -0.3 is 4.57 Å². The van der Waals surface area contributed by atoms with Crippen molar-refractivity contribution in [1.29, 1.82) is 0 Å². The number of aryl methyl sites for hydroxylation is 1. The molecule has 1 aliphatic rings. The fourth-order valence-corrected chi connectivity index (χ4v) is 3.17. The first-order valence-corrected chi connectivity index (χ1v) is 7.34. The monoisotopic (exact) mass is 276 g/mol. The number of Topliss-reactive ketones (excluding diaryl/α,β-unsaturated/α-hetero) is 1. The predicted molar refractivity (Wildman–Crippen MR) is 83.1 cm³/mol. The number of fused-ring (bicyclic) bond motifs is 2. The van der Waals surface area contributed by atoms with Crippen molar-refractivity contribution in [3.63, 3.8) is 0 Å². The van der Waals surface area contributed by atoms with Crippen LogP contribution in [-0.4, -0.2) is 15.3 Å². The van der Waals surface area contributed by atoms with E-state index in [1.165, 1.54) is 0 Å². The fraction of sp³-hybridized carbons (Fsp3) is 0.222. The molecular formula is C18H16N2O. The lowest BCUT2D eigenvalue weighted by molar-refractivity contribution is 0.0972. The number of hydrogen-bond acceptors (Lipinski definition) is 2. The molecule has 0 saturated heterocycles. The molecule has 3 aromatic rings. The summed E-state index contributed by atoms with van der Waals surface area (Å²) in [5.74, 6) is 0.263. The Kier molecular flexibility index (Phi) is 2.67. The molecule has 3 heteroatoms. The molecule has 4 rings (SSSR count). The Morgan fingerprint density at radius 3 is 2.90 bits per heavy atom. The summed E-state index contributed by atoms with van der Waals surface area (Å²) in [6.45, 7) is 2.00. The summed E-state index contributed by atoms with van der Waals surface area (Å²) in [4.78, 5) is 16.7. The SMILES string of the molecule is Cc1ccc2cccc(-n3ccc4c3CCCC4=O)c2n1. The number of rotatable bonds is 1. The second kappa shape index (κ2) is 4.55. The average molecular weight is 276 g/mol. The molecule has 1 aromatic carbocycles. The summed E-state index contributed by atoms with van der Waals surface area (Å²) in [7, 11) is 0. The van der Waals surface area contributed by atoms with Crippen molar-refractivity contribution in [2.75, 3.05) is 0 Å². The van der Waals surface area contributed by atoms with Crippen LogP contribution in [0.4, 0.5) is 0 Å². The molecule has 0 N–H and O–H groups in total. The minimum atomic E-state index is 0.263. The molecule has 0 bridgehead atoms. The maximum atomic E-state index is 12.0. The number of nitrogens with zero attached hydrogens (tertiary/aromatic N) is 2. The third-order valence-electron chi connectivity index (χ3n) is 4.21. The molecule has 0 aliphatic heterocycles. The molecule has 2 heterocycles. The van der Waals surface area contributed by atoms with Crippen LogP contribution in [0.25, 0.3) is 16.6 Å². The Morgan fingerprint density at radius 1 is 1.10 bits per heavy atom. The number of pyridine rings is 1. The summed E-state index contributed by atoms with van der Waals surface area (Å²) in [5.41, 5.74) is 5.07. The van der Waals surface area contributed by atoms with Crippen LogP contribution in [0.15, 0.2) is 42.6 Å². The Morgan fingerprint density at radius 2 is 2.00 bits per heavy atom. The first-order valence-electron chi connectivity index (χ1n) is 7.34. The van der Waals surface area contributed by atoms with E-state index in [2.05, 4.69) is 22.8 Å². The Labute approximate surface area is 123 Å². The number of hydrogen-bond donors (Lipinski definition) is 0. The van der Waals surface area contributed by atoms with Gasteiger partial charge in [-0.25, -0.2) is 0 Å². The molecule has 21 heavy (non-hydrogen) atoms. The lowest BCUT2D eigenvalue weighted by atomic mass is 9.96. The molecule has 0 fully saturated rings. The Hall–Kier alpha value is -2.42. The predicted octanol–water partition coefficient (Wildman–Crippen LogP) is 3.85. The third kappa shape index (κ3) is 1.88. The van der Waals surface area contributed by atoms with Gasteiger partial charge in [0.1, 0.15) is 0 Å². The number of benzene rings is 1. The number of aromatic nitrogens is 2. The van der Waals surface area contributed by atoms with Crippen LogP contribution < -0.4 is 0 Å². The normalized spacial score (nSPS) is 14.4. The maximum Gasteiger partial charge on any atom is 0.164 e. The molecule has 0 atom stereocenters. The van der Waals surface area contributed by atoms with E-state index in [0.717, 1.165) is 46.4 Å². The van der Waals surface area contributed by atoms with Gasteiger partial charge in [-0.15, -0.1) is 0 Å². The molecule has 0 radical (unpaired) electrons. The van der Waals surface area contributed by atoms with Crippen molar-refractivity contribution in [2.24, 2.45) is 0 Å². The zero-order valence-electron chi connectivity index (χ0n) is 12.0. The molecular weight excluding hydrogens is 260 g/mol.